The van der Waals surface area contributed by atoms with E-state index in [2.05, 4.69) is 55.1 Å². The lowest BCUT2D eigenvalue weighted by Gasteiger charge is -2.11. The Morgan fingerprint density at radius 1 is 1.04 bits per heavy atom. The SMILES string of the molecule is Cc1ccn(-c2ccc([C@@H](C)CC(=O)Cc3ccc(C(C)C)cc3)nc2)n1. The third-order valence-electron chi connectivity index (χ3n) is 4.84. The van der Waals surface area contributed by atoms with E-state index in [9.17, 15) is 4.79 Å². The maximum absolute atomic E-state index is 12.5. The van der Waals surface area contributed by atoms with Crippen LogP contribution in [0.25, 0.3) is 5.69 Å². The van der Waals surface area contributed by atoms with Gasteiger partial charge < -0.3 is 0 Å². The molecule has 2 aromatic heterocycles. The summed E-state index contributed by atoms with van der Waals surface area (Å²) in [5.41, 5.74) is 5.21. The first kappa shape index (κ1) is 19.0. The number of carbonyl (C=O) groups excluding carboxylic acids is 1. The van der Waals surface area contributed by atoms with Gasteiger partial charge in [0, 0.05) is 30.7 Å². The highest BCUT2D eigenvalue weighted by Crippen LogP contribution is 2.20. The number of aromatic nitrogens is 3. The molecule has 0 aliphatic heterocycles. The van der Waals surface area contributed by atoms with Crippen LogP contribution in [-0.4, -0.2) is 20.5 Å². The van der Waals surface area contributed by atoms with Crippen molar-refractivity contribution in [2.24, 2.45) is 0 Å². The lowest BCUT2D eigenvalue weighted by molar-refractivity contribution is -0.118. The fraction of sp³-hybridized carbons (Fsp3) is 0.348. The van der Waals surface area contributed by atoms with Gasteiger partial charge in [0.1, 0.15) is 5.78 Å². The highest BCUT2D eigenvalue weighted by molar-refractivity contribution is 5.81. The summed E-state index contributed by atoms with van der Waals surface area (Å²) in [5.74, 6) is 0.851. The average Bonchev–Trinajstić information content (AvgIpc) is 3.08. The maximum atomic E-state index is 12.5. The molecule has 3 aromatic rings. The van der Waals surface area contributed by atoms with Crippen molar-refractivity contribution in [2.45, 2.75) is 52.4 Å². The lowest BCUT2D eigenvalue weighted by Crippen LogP contribution is -2.09. The summed E-state index contributed by atoms with van der Waals surface area (Å²) in [6.45, 7) is 8.36. The highest BCUT2D eigenvalue weighted by Gasteiger charge is 2.14. The first-order valence-corrected chi connectivity index (χ1v) is 9.51. The van der Waals surface area contributed by atoms with Gasteiger partial charge in [0.15, 0.2) is 0 Å². The second-order valence-electron chi connectivity index (χ2n) is 7.56. The normalized spacial score (nSPS) is 12.3. The van der Waals surface area contributed by atoms with Crippen molar-refractivity contribution >= 4 is 5.78 Å². The molecule has 0 spiro atoms. The third-order valence-corrected chi connectivity index (χ3v) is 4.84. The molecule has 0 radical (unpaired) electrons. The third kappa shape index (κ3) is 4.91. The molecule has 27 heavy (non-hydrogen) atoms. The standard InChI is InChI=1S/C23H27N3O/c1-16(2)20-7-5-19(6-8-20)14-22(27)13-17(3)23-10-9-21(15-24-23)26-12-11-18(4)25-26/h5-12,15-17H,13-14H2,1-4H3/t17-/m0/s1. The van der Waals surface area contributed by atoms with E-state index in [1.54, 1.807) is 0 Å². The van der Waals surface area contributed by atoms with Crippen LogP contribution in [-0.2, 0) is 11.2 Å². The Kier molecular flexibility index (Phi) is 5.84. The summed E-state index contributed by atoms with van der Waals surface area (Å²) < 4.78 is 1.81. The predicted octanol–water partition coefficient (Wildman–Crippen LogP) is 5.00. The van der Waals surface area contributed by atoms with Crippen molar-refractivity contribution < 1.29 is 4.79 Å². The first-order chi connectivity index (χ1) is 12.9. The number of nitrogens with zero attached hydrogens (tertiary/aromatic N) is 3. The van der Waals surface area contributed by atoms with E-state index in [0.717, 1.165) is 22.6 Å². The molecule has 0 amide bonds. The summed E-state index contributed by atoms with van der Waals surface area (Å²) in [6.07, 6.45) is 4.71. The summed E-state index contributed by atoms with van der Waals surface area (Å²) >= 11 is 0. The van der Waals surface area contributed by atoms with E-state index in [-0.39, 0.29) is 11.7 Å². The van der Waals surface area contributed by atoms with Gasteiger partial charge in [-0.15, -0.1) is 0 Å². The van der Waals surface area contributed by atoms with Gasteiger partial charge in [0.25, 0.3) is 0 Å². The van der Waals surface area contributed by atoms with Crippen LogP contribution in [0.4, 0.5) is 0 Å². The number of rotatable bonds is 7. The smallest absolute Gasteiger partial charge is 0.137 e. The Morgan fingerprint density at radius 2 is 1.78 bits per heavy atom. The summed E-state index contributed by atoms with van der Waals surface area (Å²) in [5, 5.41) is 4.39. The second kappa shape index (κ2) is 8.30. The van der Waals surface area contributed by atoms with Gasteiger partial charge in [-0.3, -0.25) is 9.78 Å². The van der Waals surface area contributed by atoms with Crippen molar-refractivity contribution in [2.75, 3.05) is 0 Å². The van der Waals surface area contributed by atoms with E-state index in [4.69, 9.17) is 0 Å². The molecule has 0 aliphatic carbocycles. The number of hydrogen-bond acceptors (Lipinski definition) is 3. The molecule has 0 saturated heterocycles. The van der Waals surface area contributed by atoms with E-state index in [0.29, 0.717) is 18.8 Å². The molecular weight excluding hydrogens is 334 g/mol. The molecule has 4 heteroatoms. The second-order valence-corrected chi connectivity index (χ2v) is 7.56. The van der Waals surface area contributed by atoms with E-state index in [1.165, 1.54) is 5.56 Å². The van der Waals surface area contributed by atoms with E-state index < -0.39 is 0 Å². The van der Waals surface area contributed by atoms with Crippen LogP contribution in [0.1, 0.15) is 61.5 Å². The maximum Gasteiger partial charge on any atom is 0.137 e. The minimum atomic E-state index is 0.0980. The van der Waals surface area contributed by atoms with Crippen LogP contribution in [0.2, 0.25) is 0 Å². The van der Waals surface area contributed by atoms with Crippen LogP contribution in [0, 0.1) is 6.92 Å². The Balaban J connectivity index is 1.59. The molecule has 0 N–H and O–H groups in total. The van der Waals surface area contributed by atoms with Gasteiger partial charge >= 0.3 is 0 Å². The molecule has 2 heterocycles. The van der Waals surface area contributed by atoms with Gasteiger partial charge in [-0.05, 0) is 42.2 Å². The number of hydrogen-bond donors (Lipinski definition) is 0. The molecule has 0 fully saturated rings. The minimum absolute atomic E-state index is 0.0980. The Morgan fingerprint density at radius 3 is 2.33 bits per heavy atom. The topological polar surface area (TPSA) is 47.8 Å². The monoisotopic (exact) mass is 361 g/mol. The Labute approximate surface area is 161 Å². The number of carbonyl (C=O) groups is 1. The van der Waals surface area contributed by atoms with Crippen LogP contribution in [0.3, 0.4) is 0 Å². The minimum Gasteiger partial charge on any atom is -0.299 e. The molecule has 0 bridgehead atoms. The zero-order valence-electron chi connectivity index (χ0n) is 16.5. The van der Waals surface area contributed by atoms with Crippen LogP contribution in [0.15, 0.2) is 54.9 Å². The fourth-order valence-electron chi connectivity index (χ4n) is 3.15. The Bertz CT molecular complexity index is 892. The lowest BCUT2D eigenvalue weighted by atomic mass is 9.95. The molecule has 0 unspecified atom stereocenters. The molecule has 4 nitrogen and oxygen atoms in total. The highest BCUT2D eigenvalue weighted by atomic mass is 16.1. The first-order valence-electron chi connectivity index (χ1n) is 9.51. The number of Topliss-reactive ketones (excluding diaryl/α,β-unsaturated/α-hetero) is 1. The number of benzene rings is 1. The summed E-state index contributed by atoms with van der Waals surface area (Å²) in [4.78, 5) is 17.0. The molecule has 1 atom stereocenters. The zero-order valence-corrected chi connectivity index (χ0v) is 16.5. The molecule has 140 valence electrons. The number of aryl methyl sites for hydroxylation is 1. The van der Waals surface area contributed by atoms with Crippen LogP contribution in [0.5, 0.6) is 0 Å². The number of ketones is 1. The van der Waals surface area contributed by atoms with Gasteiger partial charge in [0.05, 0.1) is 17.6 Å². The van der Waals surface area contributed by atoms with Gasteiger partial charge in [-0.1, -0.05) is 45.0 Å². The Hall–Kier alpha value is -2.75. The van der Waals surface area contributed by atoms with E-state index >= 15 is 0 Å². The molecular formula is C23H27N3O. The quantitative estimate of drug-likeness (QED) is 0.595. The van der Waals surface area contributed by atoms with Crippen molar-refractivity contribution in [3.8, 4) is 5.69 Å². The zero-order chi connectivity index (χ0) is 19.4. The average molecular weight is 361 g/mol. The molecule has 3 rings (SSSR count). The van der Waals surface area contributed by atoms with Crippen molar-refractivity contribution in [3.05, 3.63) is 77.4 Å². The van der Waals surface area contributed by atoms with Crippen LogP contribution >= 0.6 is 0 Å². The molecule has 0 saturated carbocycles. The van der Waals surface area contributed by atoms with Crippen molar-refractivity contribution in [1.82, 2.24) is 14.8 Å². The predicted molar refractivity (Wildman–Crippen MR) is 108 cm³/mol. The largest absolute Gasteiger partial charge is 0.299 e. The summed E-state index contributed by atoms with van der Waals surface area (Å²) in [7, 11) is 0. The van der Waals surface area contributed by atoms with Gasteiger partial charge in [0.2, 0.25) is 0 Å². The van der Waals surface area contributed by atoms with Gasteiger partial charge in [-0.25, -0.2) is 4.68 Å². The van der Waals surface area contributed by atoms with E-state index in [1.807, 2.05) is 42.2 Å². The van der Waals surface area contributed by atoms with Crippen molar-refractivity contribution in [3.63, 3.8) is 0 Å². The summed E-state index contributed by atoms with van der Waals surface area (Å²) in [6, 6.07) is 14.3. The van der Waals surface area contributed by atoms with Crippen molar-refractivity contribution in [1.29, 1.82) is 0 Å². The van der Waals surface area contributed by atoms with Gasteiger partial charge in [-0.2, -0.15) is 5.10 Å². The van der Waals surface area contributed by atoms with Crippen LogP contribution < -0.4 is 0 Å². The molecule has 1 aromatic carbocycles. The molecule has 0 aliphatic rings. The fourth-order valence-corrected chi connectivity index (χ4v) is 3.15. The number of pyridine rings is 1.